The minimum Gasteiger partial charge on any atom is -0.748 e. The van der Waals surface area contributed by atoms with Crippen molar-refractivity contribution in [3.05, 3.63) is 0 Å². The van der Waals surface area contributed by atoms with Crippen molar-refractivity contribution in [2.45, 2.75) is 266 Å². The monoisotopic (exact) mass is 1770 g/mol. The standard InChI is InChI=1S/C58H102O47S4.4Na/c59-17-24-41-31(66)34(69)52(92-24)99-44-27(20-62)95-56(48(37(44)72)88-9-1-5-13-106(76,77)78)103-42-25(18-60)93-54(35(70)32(42)67)101-46-29(22-64)97-58(50(39(46)74)90-11-3-7-15-108(82,83)84)105-47-30(23-65)98-57(51(40(47)75)91-12-4-8-16-109(85,86)87)104-43-26(19-61)94-53(36(71)33(43)68)100-45-28(21-63)96-55(102-41)49(38(45)73)89-10-2-6-14-107(79,80)81;;;;/h24-75H,1-23H2,(H,76,77,78)(H,79,80,81)(H,82,83,84)(H,85,86,87);;;;/q;4*+1/p-4/t24-,25-,26-,27-,28-,29-,30-,31-,32-,33-,34-,35-,36-,37+,38+,39+,40+,41-,42-,43-,44-,45-,46-,47-,48-,49-,50-,51-,52-,53-,54-,55-,56-,57-,58-;;;;/m1..../s1. The minimum absolute atomic E-state index is 0. The first kappa shape index (κ1) is 108. The van der Waals surface area contributed by atoms with Gasteiger partial charge in [-0.05, 0) is 51.4 Å². The zero-order valence-corrected chi connectivity index (χ0v) is 73.2. The molecule has 15 aliphatic rings. The first-order valence-corrected chi connectivity index (χ1v) is 41.1. The molecule has 15 aliphatic heterocycles. The molecule has 15 saturated heterocycles. The fourth-order valence-electron chi connectivity index (χ4n) is 13.5. The van der Waals surface area contributed by atoms with Gasteiger partial charge in [-0.3, -0.25) is 0 Å². The van der Waals surface area contributed by atoms with Gasteiger partial charge in [0, 0.05) is 49.4 Å². The van der Waals surface area contributed by atoms with Crippen molar-refractivity contribution >= 4 is 40.5 Å². The molecule has 0 unspecified atom stereocenters. The van der Waals surface area contributed by atoms with Crippen molar-refractivity contribution in [3.8, 4) is 0 Å². The topological polar surface area (TPSA) is 739 Å². The van der Waals surface area contributed by atoms with E-state index in [1.54, 1.807) is 0 Å². The normalized spacial score (nSPS) is 41.7. The predicted octanol–water partition coefficient (Wildman–Crippen LogP) is -25.8. The third kappa shape index (κ3) is 29.7. The first-order valence-electron chi connectivity index (χ1n) is 34.8. The van der Waals surface area contributed by atoms with Crippen LogP contribution >= 0.6 is 0 Å². The van der Waals surface area contributed by atoms with E-state index in [1.165, 1.54) is 0 Å². The molecule has 15 rings (SSSR count). The van der Waals surface area contributed by atoms with Crippen LogP contribution in [-0.4, -0.2) is 449 Å². The van der Waals surface area contributed by atoms with Crippen molar-refractivity contribution in [1.29, 1.82) is 0 Å². The van der Waals surface area contributed by atoms with E-state index in [1.807, 2.05) is 0 Å². The molecule has 0 aliphatic carbocycles. The van der Waals surface area contributed by atoms with Crippen LogP contribution in [0.15, 0.2) is 0 Å². The smallest absolute Gasteiger partial charge is 0.748 e. The van der Waals surface area contributed by atoms with Crippen molar-refractivity contribution in [3.63, 3.8) is 0 Å². The zero-order chi connectivity index (χ0) is 80.2. The number of unbranched alkanes of at least 4 members (excludes halogenated alkanes) is 4. The number of hydrogen-bond donors (Lipinski definition) is 17. The molecule has 47 nitrogen and oxygen atoms in total. The molecule has 35 atom stereocenters. The summed E-state index contributed by atoms with van der Waals surface area (Å²) < 4.78 is 246. The minimum atomic E-state index is -4.80. The van der Waals surface area contributed by atoms with E-state index < -0.39 is 351 Å². The molecule has 15 fully saturated rings. The Morgan fingerprint density at radius 3 is 0.531 bits per heavy atom. The molecule has 14 bridgehead atoms. The van der Waals surface area contributed by atoms with Gasteiger partial charge >= 0.3 is 118 Å². The third-order valence-corrected chi connectivity index (χ3v) is 22.2. The predicted molar refractivity (Wildman–Crippen MR) is 339 cm³/mol. The molecule has 0 radical (unpaired) electrons. The molecule has 0 amide bonds. The Kier molecular flexibility index (Phi) is 47.0. The number of aliphatic hydroxyl groups is 17. The second-order valence-corrected chi connectivity index (χ2v) is 33.0. The van der Waals surface area contributed by atoms with Gasteiger partial charge < -0.3 is 190 Å². The number of aliphatic hydroxyl groups excluding tert-OH is 17. The van der Waals surface area contributed by atoms with Crippen LogP contribution in [-0.2, 0) is 126 Å². The SMILES string of the molecule is O=S(=O)([O-])CCCCO[C@H]1[C@H]2O[C@H]3[C@H](O)[C@@H](O)[C@@H](O[C@H]4[C@H](O)[C@@H](OCCCCS(=O)(=O)[O-])[C@@H](O[C@H]5[C@H](O)[C@@H](O)[C@@H](O[C@H]6[C@H](O)[C@@H](OCCCCS(=O)(=O)[O-])[C@@H](O[C@H]7[C@H](O)[C@@H](OCCCCS(=O)(=O)[O-])[C@@H](O[C@H]8[C@H](O)[C@@H](O)[C@@H](O[C@@H]([C@@H]1O)[C@@H](CO)O2)O[C@@H]8CO)O[C@@H]7CO)O[C@@H]6CO)O[C@@H]5CO)O[C@@H]4CO)O[C@@H]3CO.[Na+].[Na+].[Na+].[Na+]. The van der Waals surface area contributed by atoms with Gasteiger partial charge in [-0.1, -0.05) is 0 Å². The van der Waals surface area contributed by atoms with E-state index in [2.05, 4.69) is 0 Å². The van der Waals surface area contributed by atoms with Gasteiger partial charge in [0.05, 0.1) is 86.7 Å². The Hall–Kier alpha value is 2.24. The Bertz CT molecular complexity index is 3130. The molecule has 17 N–H and O–H groups in total. The molecule has 55 heteroatoms. The summed E-state index contributed by atoms with van der Waals surface area (Å²) in [6, 6.07) is 0. The van der Waals surface area contributed by atoms with Gasteiger partial charge in [0.2, 0.25) is 0 Å². The molecule has 0 saturated carbocycles. The largest absolute Gasteiger partial charge is 1.00 e. The van der Waals surface area contributed by atoms with Crippen molar-refractivity contribution in [2.24, 2.45) is 0 Å². The van der Waals surface area contributed by atoms with Crippen LogP contribution in [0.2, 0.25) is 0 Å². The maximum absolute atomic E-state index is 12.4. The Labute approximate surface area is 737 Å². The molecular weight excluding hydrogens is 1670 g/mol. The Balaban J connectivity index is 0.00000673. The Morgan fingerprint density at radius 1 is 0.221 bits per heavy atom. The van der Waals surface area contributed by atoms with Gasteiger partial charge in [-0.25, -0.2) is 33.7 Å². The first-order chi connectivity index (χ1) is 51.4. The van der Waals surface area contributed by atoms with E-state index in [0.29, 0.717) is 0 Å². The fourth-order valence-corrected chi connectivity index (χ4v) is 15.7. The van der Waals surface area contributed by atoms with Crippen LogP contribution < -0.4 is 118 Å². The van der Waals surface area contributed by atoms with Gasteiger partial charge in [-0.2, -0.15) is 0 Å². The summed E-state index contributed by atoms with van der Waals surface area (Å²) in [5.74, 6) is -3.62. The third-order valence-electron chi connectivity index (χ3n) is 19.1. The van der Waals surface area contributed by atoms with Crippen LogP contribution in [0.5, 0.6) is 0 Å². The average molecular weight is 1770 g/mol. The van der Waals surface area contributed by atoms with Crippen LogP contribution in [0.25, 0.3) is 0 Å². The summed E-state index contributed by atoms with van der Waals surface area (Å²) in [5.41, 5.74) is 0. The van der Waals surface area contributed by atoms with Crippen LogP contribution in [0, 0.1) is 0 Å². The molecule has 113 heavy (non-hydrogen) atoms. The summed E-state index contributed by atoms with van der Waals surface area (Å²) in [4.78, 5) is 0. The van der Waals surface area contributed by atoms with Gasteiger partial charge in [0.1, 0.15) is 171 Å². The van der Waals surface area contributed by atoms with Crippen molar-refractivity contribution in [1.82, 2.24) is 0 Å². The summed E-state index contributed by atoms with van der Waals surface area (Å²) in [6.07, 6.45) is -75.8. The summed E-state index contributed by atoms with van der Waals surface area (Å²) in [6.45, 7) is -10.5. The molecule has 640 valence electrons. The molecule has 0 aromatic rings. The second-order valence-electron chi connectivity index (χ2n) is 26.9. The molecule has 0 aromatic carbocycles. The van der Waals surface area contributed by atoms with Crippen molar-refractivity contribution in [2.75, 3.05) is 95.7 Å². The van der Waals surface area contributed by atoms with Gasteiger partial charge in [0.15, 0.2) is 44.0 Å². The number of rotatable bonds is 31. The van der Waals surface area contributed by atoms with Crippen LogP contribution in [0.4, 0.5) is 0 Å². The van der Waals surface area contributed by atoms with E-state index >= 15 is 0 Å². The fraction of sp³-hybridized carbons (Fsp3) is 1.00. The van der Waals surface area contributed by atoms with Crippen LogP contribution in [0.1, 0.15) is 51.4 Å². The number of fused-ring (bicyclic) bond motifs is 7. The molecule has 15 heterocycles. The number of hydrogen-bond acceptors (Lipinski definition) is 47. The average Bonchev–Trinajstić information content (AvgIpc) is 0.818. The van der Waals surface area contributed by atoms with Crippen molar-refractivity contribution < 1.29 is 342 Å². The second kappa shape index (κ2) is 49.4. The van der Waals surface area contributed by atoms with Gasteiger partial charge in [-0.15, -0.1) is 0 Å². The summed E-state index contributed by atoms with van der Waals surface area (Å²) in [7, 11) is -19.2. The van der Waals surface area contributed by atoms with Gasteiger partial charge in [0.25, 0.3) is 0 Å². The van der Waals surface area contributed by atoms with Crippen LogP contribution in [0.3, 0.4) is 0 Å². The maximum Gasteiger partial charge on any atom is 1.00 e. The number of ether oxygens (including phenoxy) is 18. The summed E-state index contributed by atoms with van der Waals surface area (Å²) >= 11 is 0. The van der Waals surface area contributed by atoms with E-state index in [-0.39, 0.29) is 170 Å². The Morgan fingerprint density at radius 2 is 0.372 bits per heavy atom. The van der Waals surface area contributed by atoms with E-state index in [4.69, 9.17) is 85.3 Å². The summed E-state index contributed by atoms with van der Waals surface area (Å²) in [5, 5.41) is 197. The van der Waals surface area contributed by atoms with E-state index in [9.17, 15) is 139 Å². The zero-order valence-electron chi connectivity index (χ0n) is 62.0. The van der Waals surface area contributed by atoms with E-state index in [0.717, 1.165) is 0 Å². The molecule has 0 aromatic heterocycles. The maximum atomic E-state index is 12.4. The molecular formula is C58H98Na4O47S4. The quantitative estimate of drug-likeness (QED) is 0.0174. The molecule has 0 spiro atoms.